The van der Waals surface area contributed by atoms with Gasteiger partial charge in [0.25, 0.3) is 0 Å². The van der Waals surface area contributed by atoms with Crippen molar-refractivity contribution in [3.63, 3.8) is 0 Å². The molecule has 1 aliphatic rings. The fourth-order valence-electron chi connectivity index (χ4n) is 2.55. The summed E-state index contributed by atoms with van der Waals surface area (Å²) in [6, 6.07) is 0. The number of nitrogens with two attached hydrogens (primary N) is 1. The summed E-state index contributed by atoms with van der Waals surface area (Å²) in [6.07, 6.45) is 7.54. The van der Waals surface area contributed by atoms with Crippen molar-refractivity contribution < 1.29 is 4.79 Å². The zero-order valence-corrected chi connectivity index (χ0v) is 12.7. The molecular formula is C13H19N3OS2. The average Bonchev–Trinajstić information content (AvgIpc) is 2.65. The predicted octanol–water partition coefficient (Wildman–Crippen LogP) is 3.02. The molecule has 0 spiro atoms. The molecular weight excluding hydrogens is 278 g/mol. The van der Waals surface area contributed by atoms with Crippen molar-refractivity contribution in [2.75, 3.05) is 5.32 Å². The van der Waals surface area contributed by atoms with Crippen molar-refractivity contribution in [2.45, 2.75) is 45.4 Å². The predicted molar refractivity (Wildman–Crippen MR) is 82.4 cm³/mol. The zero-order chi connectivity index (χ0) is 13.9. The first kappa shape index (κ1) is 14.4. The average molecular weight is 297 g/mol. The highest BCUT2D eigenvalue weighted by Crippen LogP contribution is 2.37. The maximum atomic E-state index is 12.6. The van der Waals surface area contributed by atoms with Gasteiger partial charge in [-0.15, -0.1) is 11.3 Å². The molecule has 1 fully saturated rings. The molecule has 0 saturated heterocycles. The minimum atomic E-state index is -0.689. The van der Waals surface area contributed by atoms with Gasteiger partial charge in [-0.3, -0.25) is 4.79 Å². The Balaban J connectivity index is 2.18. The van der Waals surface area contributed by atoms with Crippen LogP contribution in [0.4, 0.5) is 5.13 Å². The van der Waals surface area contributed by atoms with Gasteiger partial charge >= 0.3 is 0 Å². The lowest BCUT2D eigenvalue weighted by Crippen LogP contribution is -2.45. The second-order valence-electron chi connectivity index (χ2n) is 5.09. The number of nitrogens with zero attached hydrogens (tertiary/aromatic N) is 1. The van der Waals surface area contributed by atoms with E-state index in [1.165, 1.54) is 11.3 Å². The van der Waals surface area contributed by atoms with Crippen molar-refractivity contribution in [1.82, 2.24) is 4.98 Å². The van der Waals surface area contributed by atoms with Crippen LogP contribution in [-0.2, 0) is 4.79 Å². The molecule has 1 aromatic rings. The van der Waals surface area contributed by atoms with Gasteiger partial charge in [-0.1, -0.05) is 37.9 Å². The molecule has 19 heavy (non-hydrogen) atoms. The highest BCUT2D eigenvalue weighted by molar-refractivity contribution is 7.80. The summed E-state index contributed by atoms with van der Waals surface area (Å²) in [6.45, 7) is 1.96. The minimum Gasteiger partial charge on any atom is -0.392 e. The van der Waals surface area contributed by atoms with E-state index in [4.69, 9.17) is 18.0 Å². The number of thiocarbonyl (C=S) groups is 1. The number of rotatable bonds is 3. The Morgan fingerprint density at radius 3 is 2.53 bits per heavy atom. The summed E-state index contributed by atoms with van der Waals surface area (Å²) in [5.74, 6) is -0.0868. The van der Waals surface area contributed by atoms with Crippen LogP contribution >= 0.6 is 23.6 Å². The van der Waals surface area contributed by atoms with E-state index >= 15 is 0 Å². The first-order chi connectivity index (χ1) is 9.04. The normalized spacial score (nSPS) is 18.6. The molecule has 0 aromatic carbocycles. The number of amides is 1. The lowest BCUT2D eigenvalue weighted by molar-refractivity contribution is -0.122. The van der Waals surface area contributed by atoms with Gasteiger partial charge < -0.3 is 11.1 Å². The summed E-state index contributed by atoms with van der Waals surface area (Å²) in [7, 11) is 0. The minimum absolute atomic E-state index is 0.0868. The van der Waals surface area contributed by atoms with Gasteiger partial charge in [0.05, 0.1) is 10.4 Å². The van der Waals surface area contributed by atoms with Crippen LogP contribution in [0.2, 0.25) is 0 Å². The summed E-state index contributed by atoms with van der Waals surface area (Å²) in [5, 5.41) is 3.51. The van der Waals surface area contributed by atoms with Gasteiger partial charge in [0.2, 0.25) is 5.91 Å². The van der Waals surface area contributed by atoms with Gasteiger partial charge in [0, 0.05) is 11.1 Å². The molecule has 4 nitrogen and oxygen atoms in total. The van der Waals surface area contributed by atoms with Crippen molar-refractivity contribution in [1.29, 1.82) is 0 Å². The van der Waals surface area contributed by atoms with Gasteiger partial charge in [0.15, 0.2) is 5.13 Å². The van der Waals surface area contributed by atoms with E-state index in [0.29, 0.717) is 10.1 Å². The monoisotopic (exact) mass is 297 g/mol. The highest BCUT2D eigenvalue weighted by Gasteiger charge is 2.41. The third-order valence-corrected chi connectivity index (χ3v) is 4.92. The van der Waals surface area contributed by atoms with Crippen LogP contribution in [0.3, 0.4) is 0 Å². The molecule has 3 N–H and O–H groups in total. The summed E-state index contributed by atoms with van der Waals surface area (Å²) in [5.41, 5.74) is 5.20. The first-order valence-corrected chi connectivity index (χ1v) is 7.81. The topological polar surface area (TPSA) is 68.0 Å². The molecule has 6 heteroatoms. The molecule has 104 valence electrons. The maximum Gasteiger partial charge on any atom is 0.239 e. The Morgan fingerprint density at radius 2 is 2.05 bits per heavy atom. The molecule has 1 aromatic heterocycles. The molecule has 1 aliphatic carbocycles. The van der Waals surface area contributed by atoms with Crippen molar-refractivity contribution >= 4 is 39.6 Å². The Morgan fingerprint density at radius 1 is 1.42 bits per heavy atom. The summed E-state index contributed by atoms with van der Waals surface area (Å²) >= 11 is 6.65. The zero-order valence-electron chi connectivity index (χ0n) is 11.1. The molecule has 1 saturated carbocycles. The largest absolute Gasteiger partial charge is 0.392 e. The fourth-order valence-corrected chi connectivity index (χ4v) is 3.50. The van der Waals surface area contributed by atoms with E-state index in [9.17, 15) is 4.79 Å². The van der Waals surface area contributed by atoms with Gasteiger partial charge in [-0.05, 0) is 19.8 Å². The lowest BCUT2D eigenvalue weighted by Gasteiger charge is -2.29. The van der Waals surface area contributed by atoms with E-state index in [1.807, 2.05) is 6.92 Å². The second-order valence-corrected chi connectivity index (χ2v) is 6.77. The quantitative estimate of drug-likeness (QED) is 0.665. The van der Waals surface area contributed by atoms with Gasteiger partial charge in [-0.2, -0.15) is 0 Å². The van der Waals surface area contributed by atoms with Crippen LogP contribution in [0, 0.1) is 12.3 Å². The number of hydrogen-bond acceptors (Lipinski definition) is 4. The van der Waals surface area contributed by atoms with Crippen LogP contribution in [-0.4, -0.2) is 15.9 Å². The van der Waals surface area contributed by atoms with Crippen LogP contribution in [0.1, 0.15) is 43.4 Å². The Labute approximate surface area is 122 Å². The van der Waals surface area contributed by atoms with Gasteiger partial charge in [-0.25, -0.2) is 4.98 Å². The smallest absolute Gasteiger partial charge is 0.239 e. The Kier molecular flexibility index (Phi) is 4.52. The number of aryl methyl sites for hydroxylation is 1. The molecule has 0 bridgehead atoms. The van der Waals surface area contributed by atoms with E-state index < -0.39 is 5.41 Å². The maximum absolute atomic E-state index is 12.6. The fraction of sp³-hybridized carbons (Fsp3) is 0.615. The molecule has 0 unspecified atom stereocenters. The van der Waals surface area contributed by atoms with E-state index in [-0.39, 0.29) is 5.91 Å². The standard InChI is InChI=1S/C13H19N3OS2/c1-9-8-15-12(19-9)16-11(17)13(10(14)18)6-4-2-3-5-7-13/h8H,2-7H2,1H3,(H2,14,18)(H,15,16,17). The number of aromatic nitrogens is 1. The molecule has 0 atom stereocenters. The number of anilines is 1. The second kappa shape index (κ2) is 5.96. The first-order valence-electron chi connectivity index (χ1n) is 6.58. The Bertz CT molecular complexity index is 476. The number of thiazole rings is 1. The molecule has 2 rings (SSSR count). The van der Waals surface area contributed by atoms with Gasteiger partial charge in [0.1, 0.15) is 0 Å². The molecule has 1 amide bonds. The number of nitrogens with one attached hydrogen (secondary N) is 1. The lowest BCUT2D eigenvalue weighted by atomic mass is 9.79. The third kappa shape index (κ3) is 3.12. The van der Waals surface area contributed by atoms with E-state index in [2.05, 4.69) is 10.3 Å². The van der Waals surface area contributed by atoms with Crippen LogP contribution in [0.5, 0.6) is 0 Å². The van der Waals surface area contributed by atoms with Crippen LogP contribution in [0.15, 0.2) is 6.20 Å². The Hall–Kier alpha value is -1.01. The number of carbonyl (C=O) groups excluding carboxylic acids is 1. The SMILES string of the molecule is Cc1cnc(NC(=O)C2(C(N)=S)CCCCCC2)s1. The van der Waals surface area contributed by atoms with Crippen molar-refractivity contribution in [3.05, 3.63) is 11.1 Å². The molecule has 0 aliphatic heterocycles. The van der Waals surface area contributed by atoms with E-state index in [0.717, 1.165) is 43.4 Å². The third-order valence-electron chi connectivity index (χ3n) is 3.71. The van der Waals surface area contributed by atoms with Crippen molar-refractivity contribution in [2.24, 2.45) is 11.1 Å². The summed E-state index contributed by atoms with van der Waals surface area (Å²) < 4.78 is 0. The number of carbonyl (C=O) groups is 1. The molecule has 0 radical (unpaired) electrons. The van der Waals surface area contributed by atoms with Crippen LogP contribution < -0.4 is 11.1 Å². The van der Waals surface area contributed by atoms with E-state index in [1.54, 1.807) is 6.20 Å². The summed E-state index contributed by atoms with van der Waals surface area (Å²) in [4.78, 5) is 18.1. The molecule has 1 heterocycles. The highest BCUT2D eigenvalue weighted by atomic mass is 32.1. The van der Waals surface area contributed by atoms with Crippen molar-refractivity contribution in [3.8, 4) is 0 Å². The van der Waals surface area contributed by atoms with Crippen LogP contribution in [0.25, 0.3) is 0 Å². The number of hydrogen-bond donors (Lipinski definition) is 2.